The van der Waals surface area contributed by atoms with E-state index in [1.807, 2.05) is 0 Å². The monoisotopic (exact) mass is 383 g/mol. The lowest BCUT2D eigenvalue weighted by atomic mass is 10.1. The summed E-state index contributed by atoms with van der Waals surface area (Å²) >= 11 is 0. The number of esters is 1. The van der Waals surface area contributed by atoms with Gasteiger partial charge in [-0.15, -0.1) is 5.10 Å². The zero-order valence-corrected chi connectivity index (χ0v) is 14.5. The summed E-state index contributed by atoms with van der Waals surface area (Å²) in [5.74, 6) is -0.788. The zero-order valence-electron chi connectivity index (χ0n) is 14.5. The molecule has 0 saturated carbocycles. The third-order valence-electron chi connectivity index (χ3n) is 3.80. The predicted octanol–water partition coefficient (Wildman–Crippen LogP) is 2.93. The van der Waals surface area contributed by atoms with Crippen LogP contribution in [0.25, 0.3) is 16.9 Å². The highest BCUT2D eigenvalue weighted by Gasteiger charge is 2.28. The number of para-hydroxylation sites is 1. The molecule has 28 heavy (non-hydrogen) atoms. The molecule has 3 aromatic rings. The molecule has 0 atom stereocenters. The average Bonchev–Trinajstić information content (AvgIpc) is 3.13. The third-order valence-corrected chi connectivity index (χ3v) is 3.80. The molecule has 0 bridgehead atoms. The predicted molar refractivity (Wildman–Crippen MR) is 96.1 cm³/mol. The van der Waals surface area contributed by atoms with Gasteiger partial charge in [0.2, 0.25) is 0 Å². The van der Waals surface area contributed by atoms with Crippen LogP contribution in [0.2, 0.25) is 0 Å². The number of hydrogen-bond donors (Lipinski definition) is 0. The fraction of sp³-hybridized carbons (Fsp3) is 0.118. The van der Waals surface area contributed by atoms with Gasteiger partial charge in [-0.2, -0.15) is 0 Å². The first-order valence-corrected chi connectivity index (χ1v) is 8.05. The van der Waals surface area contributed by atoms with Gasteiger partial charge < -0.3 is 4.74 Å². The summed E-state index contributed by atoms with van der Waals surface area (Å²) in [4.78, 5) is 33.5. The van der Waals surface area contributed by atoms with E-state index in [-0.39, 0.29) is 34.9 Å². The minimum absolute atomic E-state index is 0.0552. The lowest BCUT2D eigenvalue weighted by Crippen LogP contribution is -2.08. The summed E-state index contributed by atoms with van der Waals surface area (Å²) in [6, 6.07) is 11.1. The van der Waals surface area contributed by atoms with Crippen molar-refractivity contribution in [3.05, 3.63) is 74.5 Å². The van der Waals surface area contributed by atoms with Crippen molar-refractivity contribution in [3.63, 3.8) is 0 Å². The second-order valence-corrected chi connectivity index (χ2v) is 5.47. The Balaban J connectivity index is 2.24. The van der Waals surface area contributed by atoms with Gasteiger partial charge in [-0.05, 0) is 25.1 Å². The van der Waals surface area contributed by atoms with Gasteiger partial charge in [0.15, 0.2) is 5.69 Å². The van der Waals surface area contributed by atoms with Crippen LogP contribution in [-0.2, 0) is 4.74 Å². The first-order chi connectivity index (χ1) is 13.4. The number of nitro groups is 2. The normalized spacial score (nSPS) is 10.5. The number of nitrogens with zero attached hydrogens (tertiary/aromatic N) is 5. The van der Waals surface area contributed by atoms with Crippen LogP contribution >= 0.6 is 0 Å². The number of nitro benzene ring substituents is 2. The number of non-ortho nitro benzene ring substituents is 1. The Kier molecular flexibility index (Phi) is 5.07. The summed E-state index contributed by atoms with van der Waals surface area (Å²) in [7, 11) is 0. The molecular weight excluding hydrogens is 370 g/mol. The summed E-state index contributed by atoms with van der Waals surface area (Å²) in [6.07, 6.45) is 0. The SMILES string of the molecule is CCOC(=O)c1nnn(-c2ccc([N+](=O)[O-])cc2)c1-c1ccccc1[N+](=O)[O-]. The van der Waals surface area contributed by atoms with Crippen molar-refractivity contribution in [2.24, 2.45) is 0 Å². The van der Waals surface area contributed by atoms with Crippen LogP contribution < -0.4 is 0 Å². The molecule has 2 aromatic carbocycles. The van der Waals surface area contributed by atoms with E-state index in [9.17, 15) is 25.0 Å². The molecule has 0 N–H and O–H groups in total. The Morgan fingerprint density at radius 1 is 1.07 bits per heavy atom. The van der Waals surface area contributed by atoms with Crippen molar-refractivity contribution < 1.29 is 19.4 Å². The summed E-state index contributed by atoms with van der Waals surface area (Å²) in [5.41, 5.74) is -0.0879. The highest BCUT2D eigenvalue weighted by atomic mass is 16.6. The Labute approximate surface area is 157 Å². The molecule has 0 amide bonds. The molecule has 1 aromatic heterocycles. The fourth-order valence-electron chi connectivity index (χ4n) is 2.59. The van der Waals surface area contributed by atoms with Crippen LogP contribution in [0.15, 0.2) is 48.5 Å². The van der Waals surface area contributed by atoms with E-state index < -0.39 is 15.8 Å². The zero-order chi connectivity index (χ0) is 20.3. The van der Waals surface area contributed by atoms with Gasteiger partial charge in [0.25, 0.3) is 11.4 Å². The number of rotatable bonds is 6. The highest BCUT2D eigenvalue weighted by molar-refractivity contribution is 5.95. The number of carbonyl (C=O) groups is 1. The van der Waals surface area contributed by atoms with Crippen molar-refractivity contribution >= 4 is 17.3 Å². The molecule has 11 nitrogen and oxygen atoms in total. The largest absolute Gasteiger partial charge is 0.461 e. The number of ether oxygens (including phenoxy) is 1. The van der Waals surface area contributed by atoms with Gasteiger partial charge in [0, 0.05) is 18.2 Å². The van der Waals surface area contributed by atoms with Crippen LogP contribution in [0.4, 0.5) is 11.4 Å². The number of hydrogen-bond acceptors (Lipinski definition) is 8. The second kappa shape index (κ2) is 7.61. The Hall–Kier alpha value is -4.15. The van der Waals surface area contributed by atoms with Crippen LogP contribution in [0.5, 0.6) is 0 Å². The van der Waals surface area contributed by atoms with Gasteiger partial charge in [-0.25, -0.2) is 9.48 Å². The quantitative estimate of drug-likeness (QED) is 0.359. The summed E-state index contributed by atoms with van der Waals surface area (Å²) in [6.45, 7) is 1.70. The maximum Gasteiger partial charge on any atom is 0.361 e. The van der Waals surface area contributed by atoms with E-state index in [4.69, 9.17) is 4.74 Å². The summed E-state index contributed by atoms with van der Waals surface area (Å²) < 4.78 is 6.18. The minimum Gasteiger partial charge on any atom is -0.461 e. The summed E-state index contributed by atoms with van der Waals surface area (Å²) in [5, 5.41) is 30.1. The lowest BCUT2D eigenvalue weighted by Gasteiger charge is -2.08. The van der Waals surface area contributed by atoms with Crippen LogP contribution in [0.1, 0.15) is 17.4 Å². The number of aromatic nitrogens is 3. The molecule has 0 spiro atoms. The van der Waals surface area contributed by atoms with Gasteiger partial charge in [-0.3, -0.25) is 20.2 Å². The molecule has 11 heteroatoms. The van der Waals surface area contributed by atoms with E-state index >= 15 is 0 Å². The molecule has 0 aliphatic heterocycles. The Morgan fingerprint density at radius 2 is 1.75 bits per heavy atom. The molecule has 0 aliphatic rings. The molecule has 142 valence electrons. The molecular formula is C17H13N5O6. The van der Waals surface area contributed by atoms with Crippen molar-refractivity contribution in [1.29, 1.82) is 0 Å². The van der Waals surface area contributed by atoms with Crippen molar-refractivity contribution in [2.75, 3.05) is 6.61 Å². The molecule has 0 fully saturated rings. The van der Waals surface area contributed by atoms with E-state index in [0.717, 1.165) is 0 Å². The van der Waals surface area contributed by atoms with Gasteiger partial charge in [0.1, 0.15) is 5.69 Å². The van der Waals surface area contributed by atoms with Crippen molar-refractivity contribution in [3.8, 4) is 16.9 Å². The topological polar surface area (TPSA) is 143 Å². The van der Waals surface area contributed by atoms with E-state index in [1.165, 1.54) is 47.1 Å². The number of carbonyl (C=O) groups excluding carboxylic acids is 1. The maximum absolute atomic E-state index is 12.3. The molecule has 0 radical (unpaired) electrons. The maximum atomic E-state index is 12.3. The van der Waals surface area contributed by atoms with Crippen LogP contribution in [0.3, 0.4) is 0 Å². The highest BCUT2D eigenvalue weighted by Crippen LogP contribution is 2.33. The number of benzene rings is 2. The second-order valence-electron chi connectivity index (χ2n) is 5.47. The fourth-order valence-corrected chi connectivity index (χ4v) is 2.59. The van der Waals surface area contributed by atoms with Gasteiger partial charge >= 0.3 is 5.97 Å². The minimum atomic E-state index is -0.788. The lowest BCUT2D eigenvalue weighted by molar-refractivity contribution is -0.384. The third kappa shape index (κ3) is 3.40. The van der Waals surface area contributed by atoms with Gasteiger partial charge in [-0.1, -0.05) is 17.3 Å². The van der Waals surface area contributed by atoms with Gasteiger partial charge in [0.05, 0.1) is 27.7 Å². The molecule has 0 aliphatic carbocycles. The molecule has 3 rings (SSSR count). The first kappa shape index (κ1) is 18.6. The Bertz CT molecular complexity index is 1060. The molecule has 0 saturated heterocycles. The molecule has 0 unspecified atom stereocenters. The van der Waals surface area contributed by atoms with Crippen LogP contribution in [-0.4, -0.2) is 37.4 Å². The Morgan fingerprint density at radius 3 is 2.36 bits per heavy atom. The van der Waals surface area contributed by atoms with Crippen molar-refractivity contribution in [2.45, 2.75) is 6.92 Å². The van der Waals surface area contributed by atoms with E-state index in [0.29, 0.717) is 5.69 Å². The standard InChI is InChI=1S/C17H13N5O6/c1-2-28-17(23)15-16(13-5-3-4-6-14(13)22(26)27)20(19-18-15)11-7-9-12(10-8-11)21(24)25/h3-10H,2H2,1H3. The van der Waals surface area contributed by atoms with Crippen LogP contribution in [0, 0.1) is 20.2 Å². The average molecular weight is 383 g/mol. The first-order valence-electron chi connectivity index (χ1n) is 8.05. The van der Waals surface area contributed by atoms with Crippen molar-refractivity contribution in [1.82, 2.24) is 15.0 Å². The van der Waals surface area contributed by atoms with E-state index in [2.05, 4.69) is 10.3 Å². The smallest absolute Gasteiger partial charge is 0.361 e. The van der Waals surface area contributed by atoms with E-state index in [1.54, 1.807) is 13.0 Å². The molecule has 1 heterocycles.